The number of aromatic nitrogens is 2. The smallest absolute Gasteiger partial charge is 0.337 e. The number of aromatic amines is 1. The van der Waals surface area contributed by atoms with E-state index in [1.54, 1.807) is 18.3 Å². The van der Waals surface area contributed by atoms with Crippen molar-refractivity contribution in [2.24, 2.45) is 0 Å². The van der Waals surface area contributed by atoms with Gasteiger partial charge in [-0.3, -0.25) is 9.82 Å². The van der Waals surface area contributed by atoms with E-state index in [2.05, 4.69) is 20.2 Å². The summed E-state index contributed by atoms with van der Waals surface area (Å²) in [6.07, 6.45) is 2.84. The molecule has 0 radical (unpaired) electrons. The van der Waals surface area contributed by atoms with Crippen molar-refractivity contribution >= 4 is 27.5 Å². The van der Waals surface area contributed by atoms with Gasteiger partial charge in [-0.05, 0) is 41.3 Å². The molecule has 2 heterocycles. The molecule has 9 heteroatoms. The number of H-pyrrole nitrogens is 1. The third-order valence-electron chi connectivity index (χ3n) is 6.19. The largest absolute Gasteiger partial charge is 0.457 e. The molecule has 188 valence electrons. The maximum Gasteiger partial charge on any atom is 0.337 e. The van der Waals surface area contributed by atoms with Crippen LogP contribution in [0.2, 0.25) is 0 Å². The van der Waals surface area contributed by atoms with Crippen LogP contribution in [0.4, 0.5) is 11.5 Å². The SMILES string of the molecule is CC1=C(C(=O)OCc2ccccc2)C(c2ccccc2-c2ccc(NS(C)(=O)=O)cc2)c2cn[nH]c2N1. The van der Waals surface area contributed by atoms with Crippen LogP contribution in [0.15, 0.2) is 96.3 Å². The Hall–Kier alpha value is -4.37. The predicted octanol–water partition coefficient (Wildman–Crippen LogP) is 5.02. The Balaban J connectivity index is 1.54. The summed E-state index contributed by atoms with van der Waals surface area (Å²) in [5.41, 5.74) is 6.10. The van der Waals surface area contributed by atoms with E-state index in [9.17, 15) is 13.2 Å². The maximum atomic E-state index is 13.5. The molecule has 3 aromatic carbocycles. The molecule has 1 aliphatic heterocycles. The van der Waals surface area contributed by atoms with Gasteiger partial charge in [0.25, 0.3) is 0 Å². The van der Waals surface area contributed by atoms with Crippen molar-refractivity contribution < 1.29 is 17.9 Å². The van der Waals surface area contributed by atoms with E-state index in [1.807, 2.05) is 73.7 Å². The van der Waals surface area contributed by atoms with Crippen molar-refractivity contribution in [1.29, 1.82) is 0 Å². The van der Waals surface area contributed by atoms with Crippen LogP contribution in [0, 0.1) is 0 Å². The van der Waals surface area contributed by atoms with Crippen LogP contribution in [-0.4, -0.2) is 30.8 Å². The van der Waals surface area contributed by atoms with Gasteiger partial charge < -0.3 is 10.1 Å². The van der Waals surface area contributed by atoms with E-state index in [0.717, 1.165) is 39.9 Å². The molecule has 37 heavy (non-hydrogen) atoms. The minimum atomic E-state index is -3.38. The number of allylic oxidation sites excluding steroid dienone is 1. The number of fused-ring (bicyclic) bond motifs is 1. The van der Waals surface area contributed by atoms with Gasteiger partial charge in [0.15, 0.2) is 0 Å². The number of nitrogens with one attached hydrogen (secondary N) is 3. The number of hydrogen-bond acceptors (Lipinski definition) is 6. The number of carbonyl (C=O) groups excluding carboxylic acids is 1. The van der Waals surface area contributed by atoms with Crippen molar-refractivity contribution in [3.05, 3.63) is 113 Å². The molecule has 1 unspecified atom stereocenters. The number of sulfonamides is 1. The van der Waals surface area contributed by atoms with Gasteiger partial charge >= 0.3 is 5.97 Å². The van der Waals surface area contributed by atoms with Gasteiger partial charge in [-0.25, -0.2) is 13.2 Å². The molecule has 0 aliphatic carbocycles. The number of hydrogen-bond donors (Lipinski definition) is 3. The summed E-state index contributed by atoms with van der Waals surface area (Å²) < 4.78 is 31.5. The number of anilines is 2. The molecule has 8 nitrogen and oxygen atoms in total. The summed E-state index contributed by atoms with van der Waals surface area (Å²) in [5.74, 6) is -0.110. The van der Waals surface area contributed by atoms with Crippen LogP contribution in [0.3, 0.4) is 0 Å². The lowest BCUT2D eigenvalue weighted by atomic mass is 9.79. The van der Waals surface area contributed by atoms with Gasteiger partial charge in [-0.2, -0.15) is 5.10 Å². The van der Waals surface area contributed by atoms with Gasteiger partial charge in [0.2, 0.25) is 10.0 Å². The van der Waals surface area contributed by atoms with Crippen molar-refractivity contribution in [3.63, 3.8) is 0 Å². The first-order valence-electron chi connectivity index (χ1n) is 11.7. The van der Waals surface area contributed by atoms with Crippen LogP contribution >= 0.6 is 0 Å². The van der Waals surface area contributed by atoms with Gasteiger partial charge in [0.05, 0.1) is 18.0 Å². The number of nitrogens with zero attached hydrogens (tertiary/aromatic N) is 1. The van der Waals surface area contributed by atoms with Gasteiger partial charge in [-0.1, -0.05) is 66.7 Å². The second-order valence-corrected chi connectivity index (χ2v) is 10.6. The highest BCUT2D eigenvalue weighted by atomic mass is 32.2. The molecule has 0 saturated carbocycles. The molecule has 1 aromatic heterocycles. The summed E-state index contributed by atoms with van der Waals surface area (Å²) in [4.78, 5) is 13.5. The monoisotopic (exact) mass is 514 g/mol. The van der Waals surface area contributed by atoms with Crippen LogP contribution in [0.5, 0.6) is 0 Å². The lowest BCUT2D eigenvalue weighted by Crippen LogP contribution is -2.24. The van der Waals surface area contributed by atoms with Crippen LogP contribution < -0.4 is 10.0 Å². The van der Waals surface area contributed by atoms with Crippen molar-refractivity contribution in [2.75, 3.05) is 16.3 Å². The minimum Gasteiger partial charge on any atom is -0.457 e. The highest BCUT2D eigenvalue weighted by molar-refractivity contribution is 7.92. The van der Waals surface area contributed by atoms with Crippen molar-refractivity contribution in [1.82, 2.24) is 10.2 Å². The number of ether oxygens (including phenoxy) is 1. The molecule has 0 amide bonds. The molecular weight excluding hydrogens is 488 g/mol. The van der Waals surface area contributed by atoms with E-state index in [1.165, 1.54) is 0 Å². The zero-order valence-electron chi connectivity index (χ0n) is 20.4. The Labute approximate surface area is 215 Å². The minimum absolute atomic E-state index is 0.165. The van der Waals surface area contributed by atoms with E-state index in [-0.39, 0.29) is 6.61 Å². The number of rotatable bonds is 7. The molecule has 3 N–H and O–H groups in total. The van der Waals surface area contributed by atoms with Crippen LogP contribution in [0.25, 0.3) is 11.1 Å². The van der Waals surface area contributed by atoms with Crippen molar-refractivity contribution in [2.45, 2.75) is 19.4 Å². The molecule has 0 spiro atoms. The molecule has 4 aromatic rings. The maximum absolute atomic E-state index is 13.5. The summed E-state index contributed by atoms with van der Waals surface area (Å²) in [6.45, 7) is 2.02. The van der Waals surface area contributed by atoms with Gasteiger partial charge in [0.1, 0.15) is 12.4 Å². The van der Waals surface area contributed by atoms with E-state index >= 15 is 0 Å². The zero-order valence-corrected chi connectivity index (χ0v) is 21.2. The fourth-order valence-corrected chi connectivity index (χ4v) is 5.14. The van der Waals surface area contributed by atoms with Crippen LogP contribution in [-0.2, 0) is 26.2 Å². The van der Waals surface area contributed by atoms with Gasteiger partial charge in [0, 0.05) is 22.9 Å². The summed E-state index contributed by atoms with van der Waals surface area (Å²) in [7, 11) is -3.38. The topological polar surface area (TPSA) is 113 Å². The summed E-state index contributed by atoms with van der Waals surface area (Å²) in [5, 5.41) is 10.5. The lowest BCUT2D eigenvalue weighted by Gasteiger charge is -2.29. The standard InChI is InChI=1S/C28H26N4O4S/c1-18-25(28(33)36-17-19-8-4-3-5-9-19)26(24-16-29-31-27(24)30-18)23-11-7-6-10-22(23)20-12-14-21(15-13-20)32-37(2,34)35/h3-16,26,32H,17H2,1-2H3,(H2,29,30,31). The highest BCUT2D eigenvalue weighted by Crippen LogP contribution is 2.44. The molecule has 1 aliphatic rings. The molecule has 5 rings (SSSR count). The summed E-state index contributed by atoms with van der Waals surface area (Å²) in [6, 6.07) is 24.5. The average Bonchev–Trinajstić information content (AvgIpc) is 3.35. The van der Waals surface area contributed by atoms with E-state index in [0.29, 0.717) is 17.0 Å². The third kappa shape index (κ3) is 5.26. The Kier molecular flexibility index (Phi) is 6.54. The fourth-order valence-electron chi connectivity index (χ4n) is 4.58. The lowest BCUT2D eigenvalue weighted by molar-refractivity contribution is -0.140. The molecule has 0 fully saturated rings. The Morgan fingerprint density at radius 3 is 2.41 bits per heavy atom. The zero-order chi connectivity index (χ0) is 26.0. The van der Waals surface area contributed by atoms with E-state index < -0.39 is 21.9 Å². The first kappa shape index (κ1) is 24.3. The Morgan fingerprint density at radius 2 is 1.68 bits per heavy atom. The second kappa shape index (κ2) is 9.94. The van der Waals surface area contributed by atoms with Crippen LogP contribution in [0.1, 0.15) is 29.5 Å². The second-order valence-electron chi connectivity index (χ2n) is 8.90. The van der Waals surface area contributed by atoms with E-state index in [4.69, 9.17) is 4.74 Å². The third-order valence-corrected chi connectivity index (χ3v) is 6.79. The highest BCUT2D eigenvalue weighted by Gasteiger charge is 2.35. The number of carbonyl (C=O) groups is 1. The predicted molar refractivity (Wildman–Crippen MR) is 143 cm³/mol. The molecule has 0 saturated heterocycles. The Bertz CT molecular complexity index is 1580. The first-order valence-corrected chi connectivity index (χ1v) is 13.6. The van der Waals surface area contributed by atoms with Crippen molar-refractivity contribution in [3.8, 4) is 11.1 Å². The quantitative estimate of drug-likeness (QED) is 0.299. The fraction of sp³-hybridized carbons (Fsp3) is 0.143. The number of benzene rings is 3. The molecule has 1 atom stereocenters. The van der Waals surface area contributed by atoms with Gasteiger partial charge in [-0.15, -0.1) is 0 Å². The average molecular weight is 515 g/mol. The molecular formula is C28H26N4O4S. The Morgan fingerprint density at radius 1 is 0.973 bits per heavy atom. The summed E-state index contributed by atoms with van der Waals surface area (Å²) >= 11 is 0. The molecule has 0 bridgehead atoms. The number of esters is 1. The first-order chi connectivity index (χ1) is 17.8. The normalized spacial score (nSPS) is 15.0.